The first-order valence-electron chi connectivity index (χ1n) is 15.0. The molecular formula is C36H33ClN2O7. The number of ketones is 1. The van der Waals surface area contributed by atoms with Gasteiger partial charge in [-0.15, -0.1) is 0 Å². The van der Waals surface area contributed by atoms with Crippen LogP contribution in [0.2, 0.25) is 5.02 Å². The predicted molar refractivity (Wildman–Crippen MR) is 172 cm³/mol. The standard InChI is InChI=1S/C36H33ClN2O7/c1-5-6-18-38-27-16-13-23(37)20-26(27)36(35(38)43)29(31(40)22-11-14-24(44-2)15-12-22)28(33(41)45-3)30(34(42)46-4)39-19-17-21-9-7-8-10-25(21)32(36)39/h7-17,19-20,29,32H,5-6,18H2,1-4H3/t29?,32-,36+/m0/s1. The lowest BCUT2D eigenvalue weighted by atomic mass is 9.56. The lowest BCUT2D eigenvalue weighted by Crippen LogP contribution is -2.61. The SMILES string of the molecule is CCCCN1C(=O)[C@]2(c3cc(Cl)ccc31)C(C(=O)c1ccc(OC)cc1)C(C(=O)OC)=C(C(=O)OC)N1C=Cc3ccccc3[C@H]12. The Morgan fingerprint density at radius 3 is 2.33 bits per heavy atom. The molecule has 3 aromatic carbocycles. The number of Topliss-reactive ketones (excluding diaryl/α,β-unsaturated/α-hetero) is 1. The van der Waals surface area contributed by atoms with Gasteiger partial charge in [-0.05, 0) is 71.7 Å². The van der Waals surface area contributed by atoms with Crippen LogP contribution < -0.4 is 9.64 Å². The Balaban J connectivity index is 1.79. The molecule has 6 rings (SSSR count). The van der Waals surface area contributed by atoms with Crippen molar-refractivity contribution in [3.63, 3.8) is 0 Å². The first kappa shape index (κ1) is 31.1. The predicted octanol–water partition coefficient (Wildman–Crippen LogP) is 5.87. The number of nitrogens with zero attached hydrogens (tertiary/aromatic N) is 2. The monoisotopic (exact) mass is 640 g/mol. The van der Waals surface area contributed by atoms with Crippen LogP contribution >= 0.6 is 11.6 Å². The van der Waals surface area contributed by atoms with E-state index < -0.39 is 35.1 Å². The fourth-order valence-corrected chi connectivity index (χ4v) is 7.31. The fourth-order valence-electron chi connectivity index (χ4n) is 7.14. The van der Waals surface area contributed by atoms with E-state index in [0.717, 1.165) is 12.0 Å². The number of carbonyl (C=O) groups excluding carboxylic acids is 4. The maximum atomic E-state index is 15.4. The molecule has 236 valence electrons. The van der Waals surface area contributed by atoms with E-state index in [1.54, 1.807) is 64.5 Å². The topological polar surface area (TPSA) is 102 Å². The molecule has 0 saturated heterocycles. The Hall–Kier alpha value is -4.89. The molecule has 3 aliphatic rings. The van der Waals surface area contributed by atoms with Crippen molar-refractivity contribution < 1.29 is 33.4 Å². The van der Waals surface area contributed by atoms with Crippen molar-refractivity contribution in [1.82, 2.24) is 4.90 Å². The van der Waals surface area contributed by atoms with Crippen molar-refractivity contribution in [3.05, 3.63) is 111 Å². The molecule has 0 fully saturated rings. The Morgan fingerprint density at radius 1 is 0.935 bits per heavy atom. The van der Waals surface area contributed by atoms with Crippen molar-refractivity contribution in [2.45, 2.75) is 31.2 Å². The van der Waals surface area contributed by atoms with Crippen LogP contribution in [0.4, 0.5) is 5.69 Å². The van der Waals surface area contributed by atoms with E-state index >= 15 is 9.59 Å². The molecule has 1 spiro atoms. The number of hydrogen-bond acceptors (Lipinski definition) is 8. The van der Waals surface area contributed by atoms with E-state index in [2.05, 4.69) is 0 Å². The highest BCUT2D eigenvalue weighted by Crippen LogP contribution is 2.62. The van der Waals surface area contributed by atoms with Crippen molar-refractivity contribution in [2.75, 3.05) is 32.8 Å². The molecule has 0 bridgehead atoms. The quantitative estimate of drug-likeness (QED) is 0.222. The van der Waals surface area contributed by atoms with Crippen LogP contribution in [0.15, 0.2) is 84.2 Å². The number of amides is 1. The third-order valence-electron chi connectivity index (χ3n) is 9.12. The molecule has 3 heterocycles. The Kier molecular flexibility index (Phi) is 8.20. The normalized spacial score (nSPS) is 21.1. The Labute approximate surface area is 272 Å². The van der Waals surface area contributed by atoms with Crippen molar-refractivity contribution in [1.29, 1.82) is 0 Å². The van der Waals surface area contributed by atoms with Gasteiger partial charge < -0.3 is 24.0 Å². The van der Waals surface area contributed by atoms with Gasteiger partial charge in [0.25, 0.3) is 0 Å². The highest BCUT2D eigenvalue weighted by atomic mass is 35.5. The number of carbonyl (C=O) groups is 4. The zero-order valence-electron chi connectivity index (χ0n) is 25.9. The third kappa shape index (κ3) is 4.52. The van der Waals surface area contributed by atoms with Crippen molar-refractivity contribution in [3.8, 4) is 5.75 Å². The number of hydrogen-bond donors (Lipinski definition) is 0. The van der Waals surface area contributed by atoms with Crippen LogP contribution in [0.3, 0.4) is 0 Å². The number of fused-ring (bicyclic) bond motifs is 6. The molecule has 0 radical (unpaired) electrons. The van der Waals surface area contributed by atoms with Gasteiger partial charge in [-0.1, -0.05) is 49.2 Å². The number of methoxy groups -OCH3 is 3. The Morgan fingerprint density at radius 2 is 1.65 bits per heavy atom. The highest BCUT2D eigenvalue weighted by Gasteiger charge is 2.69. The van der Waals surface area contributed by atoms with Gasteiger partial charge in [0.15, 0.2) is 5.78 Å². The van der Waals surface area contributed by atoms with Crippen molar-refractivity contribution >= 4 is 47.0 Å². The van der Waals surface area contributed by atoms with Crippen LogP contribution in [0.25, 0.3) is 6.08 Å². The molecular weight excluding hydrogens is 608 g/mol. The fraction of sp³-hybridized carbons (Fsp3) is 0.278. The first-order valence-corrected chi connectivity index (χ1v) is 15.4. The summed E-state index contributed by atoms with van der Waals surface area (Å²) in [6.45, 7) is 2.40. The molecule has 3 aromatic rings. The van der Waals surface area contributed by atoms with Gasteiger partial charge in [-0.25, -0.2) is 9.59 Å². The number of halogens is 1. The van der Waals surface area contributed by atoms with Gasteiger partial charge >= 0.3 is 11.9 Å². The average molecular weight is 641 g/mol. The zero-order valence-corrected chi connectivity index (χ0v) is 26.7. The molecule has 1 unspecified atom stereocenters. The number of esters is 2. The molecule has 3 atom stereocenters. The number of anilines is 1. The second kappa shape index (κ2) is 12.1. The second-order valence-electron chi connectivity index (χ2n) is 11.4. The lowest BCUT2D eigenvalue weighted by Gasteiger charge is -2.52. The first-order chi connectivity index (χ1) is 22.2. The van der Waals surface area contributed by atoms with E-state index in [1.165, 1.54) is 21.3 Å². The summed E-state index contributed by atoms with van der Waals surface area (Å²) in [6, 6.07) is 18.2. The summed E-state index contributed by atoms with van der Waals surface area (Å²) >= 11 is 6.67. The van der Waals surface area contributed by atoms with E-state index in [4.69, 9.17) is 25.8 Å². The van der Waals surface area contributed by atoms with Crippen LogP contribution in [0.5, 0.6) is 5.75 Å². The number of ether oxygens (including phenoxy) is 3. The maximum Gasteiger partial charge on any atom is 0.355 e. The van der Waals surface area contributed by atoms with E-state index in [9.17, 15) is 9.59 Å². The molecule has 0 N–H and O–H groups in total. The van der Waals surface area contributed by atoms with E-state index in [0.29, 0.717) is 40.6 Å². The minimum Gasteiger partial charge on any atom is -0.497 e. The summed E-state index contributed by atoms with van der Waals surface area (Å²) in [5, 5.41) is 0.354. The van der Waals surface area contributed by atoms with Gasteiger partial charge in [-0.2, -0.15) is 0 Å². The van der Waals surface area contributed by atoms with E-state index in [-0.39, 0.29) is 22.7 Å². The van der Waals surface area contributed by atoms with Gasteiger partial charge in [0.2, 0.25) is 5.91 Å². The molecule has 0 saturated carbocycles. The molecule has 9 nitrogen and oxygen atoms in total. The number of rotatable bonds is 8. The van der Waals surface area contributed by atoms with Crippen LogP contribution in [-0.2, 0) is 29.3 Å². The smallest absolute Gasteiger partial charge is 0.355 e. The summed E-state index contributed by atoms with van der Waals surface area (Å²) in [5.74, 6) is -3.70. The molecule has 1 amide bonds. The zero-order chi connectivity index (χ0) is 32.7. The van der Waals surface area contributed by atoms with E-state index in [1.807, 2.05) is 31.2 Å². The molecule has 10 heteroatoms. The van der Waals surface area contributed by atoms with Gasteiger partial charge in [0.05, 0.1) is 38.9 Å². The summed E-state index contributed by atoms with van der Waals surface area (Å²) < 4.78 is 15.8. The van der Waals surface area contributed by atoms with Crippen LogP contribution in [-0.4, -0.2) is 56.4 Å². The third-order valence-corrected chi connectivity index (χ3v) is 9.36. The molecule has 46 heavy (non-hydrogen) atoms. The molecule has 0 aliphatic carbocycles. The number of unbranched alkanes of at least 4 members (excludes halogenated alkanes) is 1. The molecule has 3 aliphatic heterocycles. The van der Waals surface area contributed by atoms with Crippen LogP contribution in [0, 0.1) is 5.92 Å². The average Bonchev–Trinajstić information content (AvgIpc) is 3.32. The van der Waals surface area contributed by atoms with Gasteiger partial charge in [0.1, 0.15) is 16.9 Å². The largest absolute Gasteiger partial charge is 0.497 e. The summed E-state index contributed by atoms with van der Waals surface area (Å²) in [6.07, 6.45) is 4.97. The minimum absolute atomic E-state index is 0.175. The highest BCUT2D eigenvalue weighted by molar-refractivity contribution is 6.31. The number of benzene rings is 3. The van der Waals surface area contributed by atoms with Crippen molar-refractivity contribution in [2.24, 2.45) is 5.92 Å². The minimum atomic E-state index is -1.76. The summed E-state index contributed by atoms with van der Waals surface area (Å²) in [7, 11) is 3.89. The second-order valence-corrected chi connectivity index (χ2v) is 11.8. The summed E-state index contributed by atoms with van der Waals surface area (Å²) in [5.41, 5.74) is 0.580. The molecule has 0 aromatic heterocycles. The maximum absolute atomic E-state index is 15.4. The van der Waals surface area contributed by atoms with Gasteiger partial charge in [0, 0.05) is 29.0 Å². The summed E-state index contributed by atoms with van der Waals surface area (Å²) in [4.78, 5) is 61.5. The van der Waals surface area contributed by atoms with Gasteiger partial charge in [-0.3, -0.25) is 9.59 Å². The Bertz CT molecular complexity index is 1810. The van der Waals surface area contributed by atoms with Crippen LogP contribution in [0.1, 0.15) is 52.9 Å². The lowest BCUT2D eigenvalue weighted by molar-refractivity contribution is -0.144.